The normalized spacial score (nSPS) is 15.4. The summed E-state index contributed by atoms with van der Waals surface area (Å²) >= 11 is 3.16. The first-order valence-corrected chi connectivity index (χ1v) is 13.0. The molecule has 1 fully saturated rings. The first-order chi connectivity index (χ1) is 16.2. The maximum absolute atomic E-state index is 13.4. The van der Waals surface area contributed by atoms with Gasteiger partial charge in [0.05, 0.1) is 16.8 Å². The molecule has 0 aliphatic carbocycles. The van der Waals surface area contributed by atoms with Crippen LogP contribution in [0.15, 0.2) is 35.7 Å². The Hall–Kier alpha value is -2.69. The molecule has 2 amide bonds. The zero-order valence-corrected chi connectivity index (χ0v) is 21.2. The number of fused-ring (bicyclic) bond motifs is 1. The van der Waals surface area contributed by atoms with Gasteiger partial charge >= 0.3 is 6.09 Å². The van der Waals surface area contributed by atoms with Gasteiger partial charge < -0.3 is 25.0 Å². The van der Waals surface area contributed by atoms with Gasteiger partial charge in [-0.25, -0.2) is 9.78 Å². The van der Waals surface area contributed by atoms with Crippen molar-refractivity contribution in [1.29, 1.82) is 0 Å². The van der Waals surface area contributed by atoms with E-state index in [1.165, 1.54) is 0 Å². The second-order valence-corrected chi connectivity index (χ2v) is 11.3. The third-order valence-electron chi connectivity index (χ3n) is 5.46. The number of anilines is 1. The van der Waals surface area contributed by atoms with Gasteiger partial charge in [-0.05, 0) is 49.9 Å². The number of hydrogen-bond acceptors (Lipinski definition) is 8. The number of nitrogens with zero attached hydrogens (tertiary/aromatic N) is 3. The summed E-state index contributed by atoms with van der Waals surface area (Å²) in [5, 5.41) is 15.0. The van der Waals surface area contributed by atoms with Crippen molar-refractivity contribution in [1.82, 2.24) is 15.2 Å². The summed E-state index contributed by atoms with van der Waals surface area (Å²) in [5.41, 5.74) is 1.14. The monoisotopic (exact) mass is 502 g/mol. The lowest BCUT2D eigenvalue weighted by Crippen LogP contribution is -2.56. The smallest absolute Gasteiger partial charge is 0.408 e. The van der Waals surface area contributed by atoms with Crippen molar-refractivity contribution in [3.8, 4) is 0 Å². The molecule has 34 heavy (non-hydrogen) atoms. The van der Waals surface area contributed by atoms with Crippen molar-refractivity contribution >= 4 is 50.0 Å². The van der Waals surface area contributed by atoms with Crippen LogP contribution in [0.3, 0.4) is 0 Å². The number of aromatic nitrogens is 1. The van der Waals surface area contributed by atoms with Crippen LogP contribution >= 0.6 is 22.7 Å². The Balaban J connectivity index is 1.41. The van der Waals surface area contributed by atoms with Gasteiger partial charge in [0, 0.05) is 37.5 Å². The van der Waals surface area contributed by atoms with Crippen molar-refractivity contribution < 1.29 is 19.4 Å². The number of thiophene rings is 1. The van der Waals surface area contributed by atoms with Crippen molar-refractivity contribution in [2.45, 2.75) is 45.4 Å². The van der Waals surface area contributed by atoms with Crippen LogP contribution < -0.4 is 10.2 Å². The summed E-state index contributed by atoms with van der Waals surface area (Å²) in [6, 6.07) is 9.00. The summed E-state index contributed by atoms with van der Waals surface area (Å²) in [5.74, 6) is -0.101. The first kappa shape index (κ1) is 24.4. The largest absolute Gasteiger partial charge is 0.444 e. The van der Waals surface area contributed by atoms with Crippen molar-refractivity contribution in [3.63, 3.8) is 0 Å². The summed E-state index contributed by atoms with van der Waals surface area (Å²) in [7, 11) is 0. The van der Waals surface area contributed by atoms with Crippen LogP contribution in [0.5, 0.6) is 0 Å². The summed E-state index contributed by atoms with van der Waals surface area (Å²) in [6.45, 7) is 7.83. The zero-order valence-electron chi connectivity index (χ0n) is 19.6. The number of hydrogen-bond donors (Lipinski definition) is 2. The number of amides is 2. The molecule has 1 aliphatic heterocycles. The lowest BCUT2D eigenvalue weighted by atomic mass is 10.1. The molecule has 0 bridgehead atoms. The first-order valence-electron chi connectivity index (χ1n) is 11.3. The average Bonchev–Trinajstić information content (AvgIpc) is 3.46. The molecule has 1 aliphatic rings. The van der Waals surface area contributed by atoms with Gasteiger partial charge in [0.15, 0.2) is 5.13 Å². The second kappa shape index (κ2) is 10.3. The topological polar surface area (TPSA) is 95.0 Å². The van der Waals surface area contributed by atoms with E-state index in [0.29, 0.717) is 32.6 Å². The lowest BCUT2D eigenvalue weighted by Gasteiger charge is -2.36. The van der Waals surface area contributed by atoms with E-state index in [9.17, 15) is 14.7 Å². The summed E-state index contributed by atoms with van der Waals surface area (Å²) in [6.07, 6.45) is -0.154. The predicted molar refractivity (Wildman–Crippen MR) is 136 cm³/mol. The van der Waals surface area contributed by atoms with Crippen LogP contribution in [0.2, 0.25) is 0 Å². The average molecular weight is 503 g/mol. The molecule has 1 atom stereocenters. The van der Waals surface area contributed by atoms with E-state index in [2.05, 4.69) is 10.2 Å². The molecule has 1 saturated heterocycles. The highest BCUT2D eigenvalue weighted by atomic mass is 32.1. The molecule has 0 unspecified atom stereocenters. The number of piperazine rings is 1. The highest BCUT2D eigenvalue weighted by Crippen LogP contribution is 2.30. The number of alkyl carbamates (subject to hydrolysis) is 1. The summed E-state index contributed by atoms with van der Waals surface area (Å²) < 4.78 is 6.44. The Morgan fingerprint density at radius 2 is 1.97 bits per heavy atom. The fourth-order valence-corrected chi connectivity index (χ4v) is 5.64. The van der Waals surface area contributed by atoms with Gasteiger partial charge in [-0.2, -0.15) is 0 Å². The molecule has 4 rings (SSSR count). The molecule has 2 aromatic heterocycles. The van der Waals surface area contributed by atoms with Crippen molar-refractivity contribution in [3.05, 3.63) is 46.2 Å². The molecule has 3 heterocycles. The Bertz CT molecular complexity index is 1130. The minimum atomic E-state index is -0.681. The van der Waals surface area contributed by atoms with E-state index in [-0.39, 0.29) is 12.5 Å². The van der Waals surface area contributed by atoms with Gasteiger partial charge in [-0.1, -0.05) is 23.5 Å². The van der Waals surface area contributed by atoms with Crippen LogP contribution in [-0.2, 0) is 22.6 Å². The second-order valence-electron chi connectivity index (χ2n) is 9.25. The maximum atomic E-state index is 13.4. The van der Waals surface area contributed by atoms with Crippen molar-refractivity contribution in [2.24, 2.45) is 0 Å². The molecule has 8 nitrogen and oxygen atoms in total. The Labute approximate surface area is 207 Å². The molecule has 0 radical (unpaired) electrons. The number of carbonyl (C=O) groups is 2. The quantitative estimate of drug-likeness (QED) is 0.535. The van der Waals surface area contributed by atoms with E-state index in [1.54, 1.807) is 43.4 Å². The maximum Gasteiger partial charge on any atom is 0.408 e. The molecular weight excluding hydrogens is 472 g/mol. The molecule has 0 saturated carbocycles. The van der Waals surface area contributed by atoms with Gasteiger partial charge in [-0.15, -0.1) is 11.3 Å². The van der Waals surface area contributed by atoms with Gasteiger partial charge in [-0.3, -0.25) is 4.79 Å². The van der Waals surface area contributed by atoms with Gasteiger partial charge in [0.1, 0.15) is 11.6 Å². The SMILES string of the molecule is CC(C)(C)OC(=O)N[C@@H](Cc1cccs1)C(=O)N1CCN(c2nc3ccc(CO)cc3s2)CC1. The minimum Gasteiger partial charge on any atom is -0.444 e. The Kier molecular flexibility index (Phi) is 7.39. The van der Waals surface area contributed by atoms with E-state index < -0.39 is 17.7 Å². The predicted octanol–water partition coefficient (Wildman–Crippen LogP) is 3.63. The third kappa shape index (κ3) is 6.05. The number of rotatable bonds is 6. The number of benzene rings is 1. The fraction of sp³-hybridized carbons (Fsp3) is 0.458. The van der Waals surface area contributed by atoms with Gasteiger partial charge in [0.2, 0.25) is 5.91 Å². The van der Waals surface area contributed by atoms with Crippen LogP contribution in [-0.4, -0.2) is 64.8 Å². The highest BCUT2D eigenvalue weighted by Gasteiger charge is 2.31. The molecule has 182 valence electrons. The number of thiazole rings is 1. The van der Waals surface area contributed by atoms with Crippen molar-refractivity contribution in [2.75, 3.05) is 31.1 Å². The third-order valence-corrected chi connectivity index (χ3v) is 7.44. The highest BCUT2D eigenvalue weighted by molar-refractivity contribution is 7.22. The lowest BCUT2D eigenvalue weighted by molar-refractivity contribution is -0.133. The number of aliphatic hydroxyl groups excluding tert-OH is 1. The molecule has 3 aromatic rings. The molecule has 0 spiro atoms. The Morgan fingerprint density at radius 3 is 2.62 bits per heavy atom. The molecular formula is C24H30N4O4S2. The van der Waals surface area contributed by atoms with E-state index in [4.69, 9.17) is 9.72 Å². The number of aliphatic hydroxyl groups is 1. The van der Waals surface area contributed by atoms with E-state index >= 15 is 0 Å². The van der Waals surface area contributed by atoms with Crippen LogP contribution in [0, 0.1) is 0 Å². The molecule has 2 N–H and O–H groups in total. The minimum absolute atomic E-state index is 0.00787. The van der Waals surface area contributed by atoms with Gasteiger partial charge in [0.25, 0.3) is 0 Å². The zero-order chi connectivity index (χ0) is 24.3. The molecule has 1 aromatic carbocycles. The molecule has 10 heteroatoms. The van der Waals surface area contributed by atoms with Crippen LogP contribution in [0.4, 0.5) is 9.93 Å². The number of ether oxygens (including phenoxy) is 1. The van der Waals surface area contributed by atoms with E-state index in [0.717, 1.165) is 25.8 Å². The Morgan fingerprint density at radius 1 is 1.21 bits per heavy atom. The fourth-order valence-electron chi connectivity index (χ4n) is 3.81. The summed E-state index contributed by atoms with van der Waals surface area (Å²) in [4.78, 5) is 35.6. The van der Waals surface area contributed by atoms with Crippen LogP contribution in [0.1, 0.15) is 31.2 Å². The van der Waals surface area contributed by atoms with E-state index in [1.807, 2.05) is 40.6 Å². The van der Waals surface area contributed by atoms with Crippen LogP contribution in [0.25, 0.3) is 10.2 Å². The number of carbonyl (C=O) groups excluding carboxylic acids is 2. The number of nitrogens with one attached hydrogen (secondary N) is 1. The standard InChI is InChI=1S/C24H30N4O4S2/c1-24(2,3)32-23(31)26-19(14-17-5-4-12-33-17)21(30)27-8-10-28(11-9-27)22-25-18-7-6-16(15-29)13-20(18)34-22/h4-7,12-13,19,29H,8-11,14-15H2,1-3H3,(H,26,31)/t19-/m0/s1.